The summed E-state index contributed by atoms with van der Waals surface area (Å²) in [5, 5.41) is 0. The lowest BCUT2D eigenvalue weighted by Gasteiger charge is -2.52. The highest BCUT2D eigenvalue weighted by atomic mass is 31.2. The predicted octanol–water partition coefficient (Wildman–Crippen LogP) is 5.03. The molecule has 194 valence electrons. The van der Waals surface area contributed by atoms with Crippen molar-refractivity contribution in [2.45, 2.75) is 95.3 Å². The largest absolute Gasteiger partial charge is 0.385 e. The van der Waals surface area contributed by atoms with Gasteiger partial charge in [-0.2, -0.15) is 0 Å². The summed E-state index contributed by atoms with van der Waals surface area (Å²) in [6, 6.07) is 8.87. The molecule has 0 amide bonds. The minimum atomic E-state index is -3.81. The molecule has 6 fully saturated rings. The molecule has 3 heterocycles. The Labute approximate surface area is 213 Å². The fraction of sp³-hybridized carbons (Fsp3) is 0.714. The van der Waals surface area contributed by atoms with Gasteiger partial charge < -0.3 is 13.6 Å². The Morgan fingerprint density at radius 1 is 0.944 bits per heavy atom. The average Bonchev–Trinajstić information content (AvgIpc) is 3.38. The van der Waals surface area contributed by atoms with Gasteiger partial charge in [0.05, 0.1) is 24.2 Å². The van der Waals surface area contributed by atoms with Gasteiger partial charge >= 0.3 is 7.60 Å². The highest BCUT2D eigenvalue weighted by molar-refractivity contribution is 7.61. The van der Waals surface area contributed by atoms with Gasteiger partial charge in [0.1, 0.15) is 0 Å². The number of hydrogen-bond donors (Lipinski definition) is 0. The van der Waals surface area contributed by atoms with Crippen LogP contribution in [-0.2, 0) is 13.6 Å². The molecule has 1 aromatic heterocycles. The molecule has 4 aliphatic carbocycles. The van der Waals surface area contributed by atoms with E-state index in [0.717, 1.165) is 36.1 Å². The van der Waals surface area contributed by atoms with E-state index >= 15 is 0 Å². The second-order valence-electron chi connectivity index (χ2n) is 12.0. The first-order valence-corrected chi connectivity index (χ1v) is 15.7. The van der Waals surface area contributed by atoms with Crippen molar-refractivity contribution in [3.63, 3.8) is 0 Å². The van der Waals surface area contributed by atoms with Crippen molar-refractivity contribution < 1.29 is 13.6 Å². The topological polar surface area (TPSA) is 73.7 Å². The number of para-hydroxylation sites is 2. The lowest BCUT2D eigenvalue weighted by molar-refractivity contribution is -0.0244. The fourth-order valence-corrected chi connectivity index (χ4v) is 11.0. The quantitative estimate of drug-likeness (QED) is 0.486. The number of hydrogen-bond acceptors (Lipinski definition) is 6. The zero-order chi connectivity index (χ0) is 24.7. The Morgan fingerprint density at radius 2 is 1.58 bits per heavy atom. The molecular weight excluding hydrogens is 473 g/mol. The average molecular weight is 512 g/mol. The predicted molar refractivity (Wildman–Crippen MR) is 140 cm³/mol. The molecule has 0 spiro atoms. The molecule has 8 rings (SSSR count). The second-order valence-corrected chi connectivity index (χ2v) is 13.9. The Balaban J connectivity index is 1.28. The Bertz CT molecular complexity index is 1260. The van der Waals surface area contributed by atoms with Crippen molar-refractivity contribution in [1.82, 2.24) is 14.5 Å². The van der Waals surface area contributed by atoms with E-state index in [0.29, 0.717) is 23.1 Å². The number of nitrogens with zero attached hydrogens (tertiary/aromatic N) is 3. The fourth-order valence-electron chi connectivity index (χ4n) is 9.44. The number of benzene rings is 1. The molecule has 0 N–H and O–H groups in total. The van der Waals surface area contributed by atoms with E-state index in [2.05, 4.69) is 9.88 Å². The van der Waals surface area contributed by atoms with Crippen LogP contribution in [-0.4, -0.2) is 45.3 Å². The zero-order valence-corrected chi connectivity index (χ0v) is 22.4. The van der Waals surface area contributed by atoms with Crippen LogP contribution in [0.3, 0.4) is 0 Å². The molecule has 6 aliphatic rings. The summed E-state index contributed by atoms with van der Waals surface area (Å²) in [5.74, 6) is 2.78. The first-order valence-electron chi connectivity index (χ1n) is 14.1. The summed E-state index contributed by atoms with van der Waals surface area (Å²) in [6.45, 7) is 3.92. The van der Waals surface area contributed by atoms with Crippen LogP contribution in [0.5, 0.6) is 0 Å². The van der Waals surface area contributed by atoms with Crippen molar-refractivity contribution in [2.75, 3.05) is 13.2 Å². The first kappa shape index (κ1) is 23.6. The minimum absolute atomic E-state index is 0.0648. The van der Waals surface area contributed by atoms with E-state index in [4.69, 9.17) is 9.05 Å². The minimum Gasteiger partial charge on any atom is -0.304 e. The molecule has 4 atom stereocenters. The lowest BCUT2D eigenvalue weighted by atomic mass is 9.78. The van der Waals surface area contributed by atoms with Gasteiger partial charge in [-0.1, -0.05) is 12.1 Å². The van der Waals surface area contributed by atoms with E-state index in [1.807, 2.05) is 28.8 Å². The van der Waals surface area contributed by atoms with Gasteiger partial charge in [-0.3, -0.25) is 14.3 Å². The van der Waals surface area contributed by atoms with E-state index in [1.54, 1.807) is 13.8 Å². The molecule has 6 bridgehead atoms. The molecule has 8 heteroatoms. The molecule has 2 aromatic rings. The van der Waals surface area contributed by atoms with Gasteiger partial charge in [0, 0.05) is 23.7 Å². The third-order valence-electron chi connectivity index (χ3n) is 10.2. The van der Waals surface area contributed by atoms with Gasteiger partial charge in [-0.25, -0.2) is 4.98 Å². The van der Waals surface area contributed by atoms with Crippen molar-refractivity contribution in [2.24, 2.45) is 17.8 Å². The van der Waals surface area contributed by atoms with Crippen LogP contribution in [0.15, 0.2) is 29.1 Å². The smallest absolute Gasteiger partial charge is 0.304 e. The summed E-state index contributed by atoms with van der Waals surface area (Å²) in [5.41, 5.74) is 1.55. The summed E-state index contributed by atoms with van der Waals surface area (Å²) in [6.07, 6.45) is 11.6. The van der Waals surface area contributed by atoms with E-state index in [1.165, 1.54) is 44.9 Å². The first-order chi connectivity index (χ1) is 17.5. The van der Waals surface area contributed by atoms with Crippen molar-refractivity contribution >= 4 is 24.1 Å². The van der Waals surface area contributed by atoms with Crippen molar-refractivity contribution in [3.8, 4) is 0 Å². The molecule has 0 radical (unpaired) electrons. The van der Waals surface area contributed by atoms with Crippen LogP contribution < -0.4 is 11.0 Å². The zero-order valence-electron chi connectivity index (χ0n) is 21.5. The normalized spacial score (nSPS) is 37.4. The summed E-state index contributed by atoms with van der Waals surface area (Å²) >= 11 is 0. The monoisotopic (exact) mass is 511 g/mol. The van der Waals surface area contributed by atoms with Crippen LogP contribution >= 0.6 is 7.60 Å². The number of fused-ring (bicyclic) bond motifs is 3. The molecule has 36 heavy (non-hydrogen) atoms. The van der Waals surface area contributed by atoms with Gasteiger partial charge in [0.25, 0.3) is 5.56 Å². The Hall–Kier alpha value is -1.53. The summed E-state index contributed by atoms with van der Waals surface area (Å²) in [4.78, 5) is 21.6. The van der Waals surface area contributed by atoms with E-state index < -0.39 is 7.60 Å². The maximum absolute atomic E-state index is 14.0. The van der Waals surface area contributed by atoms with Gasteiger partial charge in [0.15, 0.2) is 0 Å². The highest BCUT2D eigenvalue weighted by Gasteiger charge is 2.64. The van der Waals surface area contributed by atoms with Gasteiger partial charge in [-0.05, 0) is 102 Å². The number of piperidine rings is 1. The Morgan fingerprint density at radius 3 is 2.22 bits per heavy atom. The second kappa shape index (κ2) is 8.49. The summed E-state index contributed by atoms with van der Waals surface area (Å²) < 4.78 is 26.8. The molecule has 2 aliphatic heterocycles. The maximum Gasteiger partial charge on any atom is 0.385 e. The maximum atomic E-state index is 14.0. The van der Waals surface area contributed by atoms with Crippen LogP contribution in [0.1, 0.15) is 77.7 Å². The third kappa shape index (κ3) is 3.32. The molecule has 1 aromatic carbocycles. The van der Waals surface area contributed by atoms with Gasteiger partial charge in [-0.15, -0.1) is 0 Å². The van der Waals surface area contributed by atoms with Crippen LogP contribution in [0.2, 0.25) is 0 Å². The molecule has 2 saturated heterocycles. The number of rotatable bonds is 7. The molecule has 7 nitrogen and oxygen atoms in total. The SMILES string of the molecule is CCOP(=O)(OCC)c1nc2ccccc2n(C2CC3CCC(C2)N3C23CC4CC(CC2C4)C3)c1=O. The van der Waals surface area contributed by atoms with Crippen molar-refractivity contribution in [3.05, 3.63) is 34.6 Å². The standard InChI is InChI=1S/C28H38N3O4P/c1-3-34-36(33,35-4-2)26-27(32)30(25-8-6-5-7-24(25)29-26)23-14-21-9-10-22(15-23)31(21)28-16-18-11-19(17-28)13-20(28)12-18/h5-8,18-23H,3-4,9-17H2,1-2H3. The van der Waals surface area contributed by atoms with Gasteiger partial charge in [0.2, 0.25) is 5.44 Å². The lowest BCUT2D eigenvalue weighted by Crippen LogP contribution is -2.58. The van der Waals surface area contributed by atoms with E-state index in [-0.39, 0.29) is 30.2 Å². The van der Waals surface area contributed by atoms with Crippen LogP contribution in [0.25, 0.3) is 11.0 Å². The molecule has 4 saturated carbocycles. The van der Waals surface area contributed by atoms with Crippen LogP contribution in [0, 0.1) is 17.8 Å². The van der Waals surface area contributed by atoms with Crippen molar-refractivity contribution in [1.29, 1.82) is 0 Å². The molecule has 4 unspecified atom stereocenters. The van der Waals surface area contributed by atoms with Crippen LogP contribution in [0.4, 0.5) is 0 Å². The Kier molecular flexibility index (Phi) is 5.56. The third-order valence-corrected chi connectivity index (χ3v) is 12.2. The summed E-state index contributed by atoms with van der Waals surface area (Å²) in [7, 11) is -3.81. The van der Waals surface area contributed by atoms with E-state index in [9.17, 15) is 9.36 Å². The number of aromatic nitrogens is 2. The molecular formula is C28H38N3O4P. The highest BCUT2D eigenvalue weighted by Crippen LogP contribution is 2.65.